The minimum Gasteiger partial charge on any atom is -0.406 e. The molecule has 0 unspecified atom stereocenters. The minimum atomic E-state index is -4.64. The summed E-state index contributed by atoms with van der Waals surface area (Å²) in [5.74, 6) is 0.240. The summed E-state index contributed by atoms with van der Waals surface area (Å²) in [6.45, 7) is 0. The number of benzene rings is 1. The van der Waals surface area contributed by atoms with E-state index in [4.69, 9.17) is 5.73 Å². The molecule has 0 aliphatic heterocycles. The molecule has 1 aromatic rings. The zero-order chi connectivity index (χ0) is 13.2. The van der Waals surface area contributed by atoms with E-state index in [9.17, 15) is 13.2 Å². The van der Waals surface area contributed by atoms with Crippen molar-refractivity contribution in [3.63, 3.8) is 0 Å². The van der Waals surface area contributed by atoms with Gasteiger partial charge in [-0.1, -0.05) is 25.0 Å². The van der Waals surface area contributed by atoms with Crippen molar-refractivity contribution in [2.45, 2.75) is 38.1 Å². The molecule has 2 N–H and O–H groups in total. The van der Waals surface area contributed by atoms with Crippen LogP contribution in [0.2, 0.25) is 0 Å². The summed E-state index contributed by atoms with van der Waals surface area (Å²) in [6.07, 6.45) is -0.0692. The summed E-state index contributed by atoms with van der Waals surface area (Å²) in [4.78, 5) is 0. The van der Waals surface area contributed by atoms with Crippen LogP contribution in [0.15, 0.2) is 24.3 Å². The van der Waals surface area contributed by atoms with Gasteiger partial charge in [0, 0.05) is 6.04 Å². The Kier molecular flexibility index (Phi) is 5.50. The van der Waals surface area contributed by atoms with E-state index >= 15 is 0 Å². The normalized spacial score (nSPS) is 17.9. The third-order valence-corrected chi connectivity index (χ3v) is 3.41. The molecule has 2 nitrogen and oxygen atoms in total. The van der Waals surface area contributed by atoms with E-state index in [-0.39, 0.29) is 24.2 Å². The third-order valence-electron chi connectivity index (χ3n) is 3.41. The Morgan fingerprint density at radius 2 is 1.63 bits per heavy atom. The molecule has 1 fully saturated rings. The van der Waals surface area contributed by atoms with E-state index in [0.29, 0.717) is 5.92 Å². The maximum atomic E-state index is 12.0. The van der Waals surface area contributed by atoms with Crippen LogP contribution >= 0.6 is 12.4 Å². The number of hydrogen-bond acceptors (Lipinski definition) is 2. The van der Waals surface area contributed by atoms with E-state index < -0.39 is 6.36 Å². The topological polar surface area (TPSA) is 35.2 Å². The lowest BCUT2D eigenvalue weighted by molar-refractivity contribution is -0.274. The van der Waals surface area contributed by atoms with Crippen LogP contribution in [0.3, 0.4) is 0 Å². The molecule has 1 aliphatic carbocycles. The van der Waals surface area contributed by atoms with Crippen LogP contribution in [0.5, 0.6) is 5.75 Å². The number of alkyl halides is 3. The summed E-state index contributed by atoms with van der Waals surface area (Å²) >= 11 is 0. The lowest BCUT2D eigenvalue weighted by Crippen LogP contribution is -2.19. The summed E-state index contributed by atoms with van der Waals surface area (Å²) in [5, 5.41) is 0. The molecule has 19 heavy (non-hydrogen) atoms. The molecule has 6 heteroatoms. The van der Waals surface area contributed by atoms with Gasteiger partial charge in [0.25, 0.3) is 0 Å². The average molecular weight is 296 g/mol. The Bertz CT molecular complexity index is 388. The summed E-state index contributed by atoms with van der Waals surface area (Å²) < 4.78 is 39.8. The Morgan fingerprint density at radius 1 is 1.11 bits per heavy atom. The number of ether oxygens (including phenoxy) is 1. The van der Waals surface area contributed by atoms with Crippen molar-refractivity contribution in [3.8, 4) is 5.75 Å². The summed E-state index contributed by atoms with van der Waals surface area (Å²) in [7, 11) is 0. The minimum absolute atomic E-state index is 0. The molecule has 108 valence electrons. The summed E-state index contributed by atoms with van der Waals surface area (Å²) in [5.41, 5.74) is 6.99. The number of halogens is 4. The number of rotatable bonds is 3. The van der Waals surface area contributed by atoms with Crippen molar-refractivity contribution in [2.75, 3.05) is 0 Å². The van der Waals surface area contributed by atoms with Crippen LogP contribution in [-0.2, 0) is 0 Å². The second kappa shape index (κ2) is 6.48. The molecular formula is C13H17ClF3NO. The SMILES string of the molecule is Cl.N[C@@H](c1ccc(OC(F)(F)F)cc1)C1CCCC1. The molecule has 0 amide bonds. The van der Waals surface area contributed by atoms with E-state index in [1.165, 1.54) is 25.0 Å². The predicted octanol–water partition coefficient (Wildman–Crippen LogP) is 4.20. The summed E-state index contributed by atoms with van der Waals surface area (Å²) in [6, 6.07) is 5.77. The van der Waals surface area contributed by atoms with E-state index in [2.05, 4.69) is 4.74 Å². The van der Waals surface area contributed by atoms with Gasteiger partial charge in [0.2, 0.25) is 0 Å². The maximum Gasteiger partial charge on any atom is 0.573 e. The highest BCUT2D eigenvalue weighted by atomic mass is 35.5. The van der Waals surface area contributed by atoms with Crippen molar-refractivity contribution >= 4 is 12.4 Å². The zero-order valence-electron chi connectivity index (χ0n) is 10.3. The van der Waals surface area contributed by atoms with Gasteiger partial charge in [0.1, 0.15) is 5.75 Å². The Hall–Kier alpha value is -0.940. The quantitative estimate of drug-likeness (QED) is 0.907. The largest absolute Gasteiger partial charge is 0.573 e. The van der Waals surface area contributed by atoms with Gasteiger partial charge in [-0.2, -0.15) is 0 Å². The van der Waals surface area contributed by atoms with Crippen molar-refractivity contribution in [1.29, 1.82) is 0 Å². The van der Waals surface area contributed by atoms with E-state index in [1.54, 1.807) is 12.1 Å². The lowest BCUT2D eigenvalue weighted by Gasteiger charge is -2.19. The van der Waals surface area contributed by atoms with Crippen LogP contribution in [0.25, 0.3) is 0 Å². The highest BCUT2D eigenvalue weighted by Gasteiger charge is 2.31. The molecule has 0 bridgehead atoms. The molecule has 1 atom stereocenters. The zero-order valence-corrected chi connectivity index (χ0v) is 11.1. The highest BCUT2D eigenvalue weighted by Crippen LogP contribution is 2.34. The third kappa shape index (κ3) is 4.58. The van der Waals surface area contributed by atoms with E-state index in [0.717, 1.165) is 18.4 Å². The first-order valence-electron chi connectivity index (χ1n) is 6.07. The highest BCUT2D eigenvalue weighted by molar-refractivity contribution is 5.85. The van der Waals surface area contributed by atoms with Crippen molar-refractivity contribution in [1.82, 2.24) is 0 Å². The van der Waals surface area contributed by atoms with Crippen LogP contribution in [0, 0.1) is 5.92 Å². The molecule has 0 radical (unpaired) electrons. The second-order valence-corrected chi connectivity index (χ2v) is 4.69. The van der Waals surface area contributed by atoms with Crippen LogP contribution < -0.4 is 10.5 Å². The van der Waals surface area contributed by atoms with Gasteiger partial charge in [-0.25, -0.2) is 0 Å². The number of hydrogen-bond donors (Lipinski definition) is 1. The first-order valence-corrected chi connectivity index (χ1v) is 6.07. The lowest BCUT2D eigenvalue weighted by atomic mass is 9.92. The van der Waals surface area contributed by atoms with Crippen LogP contribution in [0.1, 0.15) is 37.3 Å². The standard InChI is InChI=1S/C13H16F3NO.ClH/c14-13(15,16)18-11-7-5-10(6-8-11)12(17)9-3-1-2-4-9;/h5-9,12H,1-4,17H2;1H/t12-;/m1./s1. The first kappa shape index (κ1) is 16.1. The maximum absolute atomic E-state index is 12.0. The Balaban J connectivity index is 0.00000180. The van der Waals surface area contributed by atoms with Gasteiger partial charge < -0.3 is 10.5 Å². The fourth-order valence-electron chi connectivity index (χ4n) is 2.48. The monoisotopic (exact) mass is 295 g/mol. The fourth-order valence-corrected chi connectivity index (χ4v) is 2.48. The van der Waals surface area contributed by atoms with Gasteiger partial charge in [-0.15, -0.1) is 25.6 Å². The van der Waals surface area contributed by atoms with Gasteiger partial charge in [-0.05, 0) is 36.5 Å². The van der Waals surface area contributed by atoms with Crippen molar-refractivity contribution in [2.24, 2.45) is 11.7 Å². The second-order valence-electron chi connectivity index (χ2n) is 4.69. The van der Waals surface area contributed by atoms with Crippen molar-refractivity contribution in [3.05, 3.63) is 29.8 Å². The Morgan fingerprint density at radius 3 is 2.11 bits per heavy atom. The molecular weight excluding hydrogens is 279 g/mol. The molecule has 0 saturated heterocycles. The van der Waals surface area contributed by atoms with E-state index in [1.807, 2.05) is 0 Å². The molecule has 1 aliphatic rings. The molecule has 0 heterocycles. The molecule has 1 aromatic carbocycles. The van der Waals surface area contributed by atoms with Crippen LogP contribution in [-0.4, -0.2) is 6.36 Å². The van der Waals surface area contributed by atoms with Crippen LogP contribution in [0.4, 0.5) is 13.2 Å². The van der Waals surface area contributed by atoms with Gasteiger partial charge >= 0.3 is 6.36 Å². The molecule has 0 spiro atoms. The average Bonchev–Trinajstić information content (AvgIpc) is 2.80. The molecule has 0 aromatic heterocycles. The smallest absolute Gasteiger partial charge is 0.406 e. The molecule has 1 saturated carbocycles. The number of nitrogens with two attached hydrogens (primary N) is 1. The predicted molar refractivity (Wildman–Crippen MR) is 69.3 cm³/mol. The van der Waals surface area contributed by atoms with Gasteiger partial charge in [0.05, 0.1) is 0 Å². The van der Waals surface area contributed by atoms with Gasteiger partial charge in [-0.3, -0.25) is 0 Å². The first-order chi connectivity index (χ1) is 8.46. The van der Waals surface area contributed by atoms with Gasteiger partial charge in [0.15, 0.2) is 0 Å². The Labute approximate surface area is 116 Å². The fraction of sp³-hybridized carbons (Fsp3) is 0.538. The van der Waals surface area contributed by atoms with Crippen molar-refractivity contribution < 1.29 is 17.9 Å². The molecule has 2 rings (SSSR count).